The molecule has 1 fully saturated rings. The minimum Gasteiger partial charge on any atom is -0.497 e. The molecule has 1 N–H and O–H groups in total. The van der Waals surface area contributed by atoms with Gasteiger partial charge in [-0.3, -0.25) is 0 Å². The summed E-state index contributed by atoms with van der Waals surface area (Å²) < 4.78 is 5.20. The van der Waals surface area contributed by atoms with Crippen LogP contribution in [0.5, 0.6) is 5.75 Å². The van der Waals surface area contributed by atoms with E-state index in [0.29, 0.717) is 6.04 Å². The van der Waals surface area contributed by atoms with Crippen molar-refractivity contribution in [2.24, 2.45) is 5.92 Å². The Morgan fingerprint density at radius 3 is 2.68 bits per heavy atom. The summed E-state index contributed by atoms with van der Waals surface area (Å²) >= 11 is 6.36. The van der Waals surface area contributed by atoms with E-state index in [9.17, 15) is 0 Å². The van der Waals surface area contributed by atoms with Crippen LogP contribution in [0, 0.1) is 5.92 Å². The van der Waals surface area contributed by atoms with Crippen molar-refractivity contribution in [1.82, 2.24) is 5.32 Å². The third kappa shape index (κ3) is 3.87. The van der Waals surface area contributed by atoms with E-state index in [1.54, 1.807) is 7.11 Å². The zero-order valence-electron chi connectivity index (χ0n) is 11.9. The van der Waals surface area contributed by atoms with E-state index >= 15 is 0 Å². The van der Waals surface area contributed by atoms with E-state index < -0.39 is 0 Å². The van der Waals surface area contributed by atoms with Crippen LogP contribution in [0.2, 0.25) is 5.02 Å². The second kappa shape index (κ2) is 7.16. The van der Waals surface area contributed by atoms with Gasteiger partial charge in [0.05, 0.1) is 7.11 Å². The molecule has 0 aliphatic heterocycles. The fourth-order valence-electron chi connectivity index (χ4n) is 3.07. The molecule has 0 bridgehead atoms. The van der Waals surface area contributed by atoms with Gasteiger partial charge in [-0.1, -0.05) is 43.4 Å². The Balaban J connectivity index is 1.99. The van der Waals surface area contributed by atoms with Crippen LogP contribution in [0.15, 0.2) is 18.2 Å². The predicted molar refractivity (Wildman–Crippen MR) is 81.0 cm³/mol. The summed E-state index contributed by atoms with van der Waals surface area (Å²) in [5, 5.41) is 4.19. The highest BCUT2D eigenvalue weighted by Gasteiger charge is 2.19. The molecule has 0 heterocycles. The van der Waals surface area contributed by atoms with E-state index in [1.807, 2.05) is 19.2 Å². The minimum atomic E-state index is 0.346. The minimum absolute atomic E-state index is 0.346. The lowest BCUT2D eigenvalue weighted by atomic mass is 9.95. The maximum atomic E-state index is 6.36. The van der Waals surface area contributed by atoms with Gasteiger partial charge in [0.25, 0.3) is 0 Å². The summed E-state index contributed by atoms with van der Waals surface area (Å²) in [4.78, 5) is 0. The van der Waals surface area contributed by atoms with Crippen LogP contribution in [0.3, 0.4) is 0 Å². The molecule has 0 aromatic heterocycles. The molecule has 1 aromatic carbocycles. The molecule has 19 heavy (non-hydrogen) atoms. The second-order valence-electron chi connectivity index (χ2n) is 5.46. The number of hydrogen-bond acceptors (Lipinski definition) is 2. The molecule has 0 radical (unpaired) electrons. The summed E-state index contributed by atoms with van der Waals surface area (Å²) in [6, 6.07) is 6.31. The van der Waals surface area contributed by atoms with Crippen molar-refractivity contribution in [2.45, 2.75) is 44.6 Å². The topological polar surface area (TPSA) is 21.3 Å². The number of methoxy groups -OCH3 is 1. The summed E-state index contributed by atoms with van der Waals surface area (Å²) in [6.45, 7) is 0. The summed E-state index contributed by atoms with van der Waals surface area (Å²) in [5.41, 5.74) is 1.18. The standard InChI is InChI=1S/C16H24ClNO/c1-18-16(10-7-12-5-3-4-6-12)14-9-8-13(19-2)11-15(14)17/h8-9,11-12,16,18H,3-7,10H2,1-2H3. The lowest BCUT2D eigenvalue weighted by Gasteiger charge is -2.20. The van der Waals surface area contributed by atoms with Crippen molar-refractivity contribution in [1.29, 1.82) is 0 Å². The van der Waals surface area contributed by atoms with Gasteiger partial charge in [0.15, 0.2) is 0 Å². The summed E-state index contributed by atoms with van der Waals surface area (Å²) in [6.07, 6.45) is 8.11. The second-order valence-corrected chi connectivity index (χ2v) is 5.86. The first-order valence-electron chi connectivity index (χ1n) is 7.25. The number of hydrogen-bond donors (Lipinski definition) is 1. The number of benzene rings is 1. The van der Waals surface area contributed by atoms with Gasteiger partial charge in [-0.2, -0.15) is 0 Å². The number of halogens is 1. The molecule has 0 spiro atoms. The van der Waals surface area contributed by atoms with E-state index in [1.165, 1.54) is 37.7 Å². The summed E-state index contributed by atoms with van der Waals surface area (Å²) in [7, 11) is 3.68. The number of ether oxygens (including phenoxy) is 1. The van der Waals surface area contributed by atoms with Crippen LogP contribution < -0.4 is 10.1 Å². The van der Waals surface area contributed by atoms with Gasteiger partial charge in [-0.25, -0.2) is 0 Å². The average molecular weight is 282 g/mol. The molecule has 0 saturated heterocycles. The molecular formula is C16H24ClNO. The normalized spacial score (nSPS) is 17.6. The van der Waals surface area contributed by atoms with Crippen LogP contribution in [0.25, 0.3) is 0 Å². The van der Waals surface area contributed by atoms with E-state index in [-0.39, 0.29) is 0 Å². The molecule has 1 aromatic rings. The highest BCUT2D eigenvalue weighted by atomic mass is 35.5. The van der Waals surface area contributed by atoms with Gasteiger partial charge in [-0.15, -0.1) is 0 Å². The van der Waals surface area contributed by atoms with E-state index in [4.69, 9.17) is 16.3 Å². The van der Waals surface area contributed by atoms with Crippen LogP contribution in [0.4, 0.5) is 0 Å². The Bertz CT molecular complexity index is 402. The molecule has 0 amide bonds. The Kier molecular flexibility index (Phi) is 5.53. The molecular weight excluding hydrogens is 258 g/mol. The van der Waals surface area contributed by atoms with Gasteiger partial charge in [0.2, 0.25) is 0 Å². The lowest BCUT2D eigenvalue weighted by Crippen LogP contribution is -2.17. The quantitative estimate of drug-likeness (QED) is 0.824. The van der Waals surface area contributed by atoms with Gasteiger partial charge in [0.1, 0.15) is 5.75 Å². The van der Waals surface area contributed by atoms with Crippen LogP contribution >= 0.6 is 11.6 Å². The predicted octanol–water partition coefficient (Wildman–Crippen LogP) is 4.58. The lowest BCUT2D eigenvalue weighted by molar-refractivity contribution is 0.412. The highest BCUT2D eigenvalue weighted by molar-refractivity contribution is 6.31. The van der Waals surface area contributed by atoms with Crippen LogP contribution in [-0.2, 0) is 0 Å². The molecule has 2 nitrogen and oxygen atoms in total. The number of nitrogens with one attached hydrogen (secondary N) is 1. The molecule has 3 heteroatoms. The molecule has 1 aliphatic carbocycles. The molecule has 1 unspecified atom stereocenters. The highest BCUT2D eigenvalue weighted by Crippen LogP contribution is 2.34. The Morgan fingerprint density at radius 1 is 1.37 bits per heavy atom. The third-order valence-corrected chi connectivity index (χ3v) is 4.60. The fourth-order valence-corrected chi connectivity index (χ4v) is 3.38. The SMILES string of the molecule is CNC(CCC1CCCC1)c1ccc(OC)cc1Cl. The Hall–Kier alpha value is -0.730. The Morgan fingerprint density at radius 2 is 2.11 bits per heavy atom. The third-order valence-electron chi connectivity index (χ3n) is 4.27. The van der Waals surface area contributed by atoms with Crippen molar-refractivity contribution >= 4 is 11.6 Å². The number of rotatable bonds is 6. The first-order chi connectivity index (χ1) is 9.24. The van der Waals surface area contributed by atoms with Crippen molar-refractivity contribution < 1.29 is 4.74 Å². The largest absolute Gasteiger partial charge is 0.497 e. The maximum Gasteiger partial charge on any atom is 0.120 e. The van der Waals surface area contributed by atoms with Crippen molar-refractivity contribution in [3.8, 4) is 5.75 Å². The average Bonchev–Trinajstić information content (AvgIpc) is 2.94. The zero-order valence-corrected chi connectivity index (χ0v) is 12.7. The maximum absolute atomic E-state index is 6.36. The molecule has 1 atom stereocenters. The van der Waals surface area contributed by atoms with E-state index in [0.717, 1.165) is 23.1 Å². The molecule has 2 rings (SSSR count). The van der Waals surface area contributed by atoms with E-state index in [2.05, 4.69) is 11.4 Å². The molecule has 106 valence electrons. The van der Waals surface area contributed by atoms with Crippen LogP contribution in [-0.4, -0.2) is 14.2 Å². The Labute approximate surface area is 121 Å². The van der Waals surface area contributed by atoms with Crippen LogP contribution in [0.1, 0.15) is 50.1 Å². The first-order valence-corrected chi connectivity index (χ1v) is 7.63. The molecule has 1 saturated carbocycles. The molecule has 1 aliphatic rings. The van der Waals surface area contributed by atoms with Gasteiger partial charge < -0.3 is 10.1 Å². The van der Waals surface area contributed by atoms with Gasteiger partial charge in [-0.05, 0) is 43.5 Å². The summed E-state index contributed by atoms with van der Waals surface area (Å²) in [5.74, 6) is 1.74. The van der Waals surface area contributed by atoms with Crippen molar-refractivity contribution in [3.63, 3.8) is 0 Å². The van der Waals surface area contributed by atoms with Gasteiger partial charge in [0, 0.05) is 11.1 Å². The monoisotopic (exact) mass is 281 g/mol. The van der Waals surface area contributed by atoms with Crippen molar-refractivity contribution in [2.75, 3.05) is 14.2 Å². The zero-order chi connectivity index (χ0) is 13.7. The van der Waals surface area contributed by atoms with Gasteiger partial charge >= 0.3 is 0 Å². The first kappa shape index (κ1) is 14.7. The smallest absolute Gasteiger partial charge is 0.120 e. The fraction of sp³-hybridized carbons (Fsp3) is 0.625. The van der Waals surface area contributed by atoms with Crippen molar-refractivity contribution in [3.05, 3.63) is 28.8 Å².